The number of aryl methyl sites for hydroxylation is 2. The first-order valence-corrected chi connectivity index (χ1v) is 22.5. The summed E-state index contributed by atoms with van der Waals surface area (Å²) in [6.07, 6.45) is 4.08. The molecule has 8 heterocycles. The van der Waals surface area contributed by atoms with Gasteiger partial charge in [-0.15, -0.1) is 0 Å². The van der Waals surface area contributed by atoms with Crippen LogP contribution < -0.4 is 29.9 Å². The molecule has 2 fully saturated rings. The van der Waals surface area contributed by atoms with Crippen molar-refractivity contribution in [2.45, 2.75) is 87.8 Å². The van der Waals surface area contributed by atoms with Crippen LogP contribution in [-0.4, -0.2) is 68.6 Å². The molecule has 2 atom stereocenters. The highest BCUT2D eigenvalue weighted by atomic mass is 32.2. The summed E-state index contributed by atoms with van der Waals surface area (Å²) in [6, 6.07) is 16.1. The average Bonchev–Trinajstić information content (AvgIpc) is 3.96. The summed E-state index contributed by atoms with van der Waals surface area (Å²) in [7, 11) is -1.52. The largest absolute Gasteiger partial charge is 0.490 e. The lowest BCUT2D eigenvalue weighted by atomic mass is 10.1. The zero-order chi connectivity index (χ0) is 38.5. The molecular formula is C42H46N6O6S2. The molecule has 0 aliphatic carbocycles. The number of carbonyl (C=O) groups is 2. The first-order valence-electron chi connectivity index (χ1n) is 19.5. The van der Waals surface area contributed by atoms with Gasteiger partial charge in [-0.3, -0.25) is 18.0 Å². The summed E-state index contributed by atoms with van der Waals surface area (Å²) in [5, 5.41) is 5.68. The number of hydrogen-bond acceptors (Lipinski definition) is 10. The molecule has 2 aromatic carbocycles. The lowest BCUT2D eigenvalue weighted by molar-refractivity contribution is 0.0957. The lowest BCUT2D eigenvalue weighted by Crippen LogP contribution is -2.39. The first kappa shape index (κ1) is 36.8. The Kier molecular flexibility index (Phi) is 10.0. The van der Waals surface area contributed by atoms with Crippen LogP contribution in [0, 0.1) is 13.8 Å². The number of nitrogens with one attached hydrogen (secondary N) is 2. The van der Waals surface area contributed by atoms with E-state index < -0.39 is 21.6 Å². The van der Waals surface area contributed by atoms with Crippen LogP contribution >= 0.6 is 0 Å². The smallest absolute Gasteiger partial charge is 0.253 e. The van der Waals surface area contributed by atoms with Gasteiger partial charge in [0.25, 0.3) is 11.8 Å². The number of nitrogens with zero attached hydrogens (tertiary/aromatic N) is 4. The molecule has 6 aliphatic heterocycles. The molecule has 0 saturated carbocycles. The SMILES string of the molecule is Cc1cc2c(nc1N1CCC(Oc3ccc4c(c3)CS(=O)C4)CC1)CNC2=O.Cc1cc2c(nc1N1CCC(Oc3ccc4c(c3)C[S@@](=O)C4)CC1)CNC2=O. The van der Waals surface area contributed by atoms with Crippen molar-refractivity contribution in [2.24, 2.45) is 0 Å². The first-order chi connectivity index (χ1) is 27.1. The van der Waals surface area contributed by atoms with Crippen LogP contribution in [0.2, 0.25) is 0 Å². The molecule has 2 saturated heterocycles. The van der Waals surface area contributed by atoms with Crippen LogP contribution in [0.4, 0.5) is 11.6 Å². The highest BCUT2D eigenvalue weighted by molar-refractivity contribution is 7.84. The van der Waals surface area contributed by atoms with Gasteiger partial charge in [-0.1, -0.05) is 12.1 Å². The second-order valence-electron chi connectivity index (χ2n) is 15.5. The minimum absolute atomic E-state index is 0.0255. The van der Waals surface area contributed by atoms with Gasteiger partial charge in [0.15, 0.2) is 0 Å². The molecule has 2 amide bonds. The van der Waals surface area contributed by atoms with E-state index in [-0.39, 0.29) is 24.0 Å². The van der Waals surface area contributed by atoms with Crippen molar-refractivity contribution in [2.75, 3.05) is 36.0 Å². The number of fused-ring (bicyclic) bond motifs is 4. The summed E-state index contributed by atoms with van der Waals surface area (Å²) < 4.78 is 35.9. The molecule has 292 valence electrons. The molecule has 14 heteroatoms. The van der Waals surface area contributed by atoms with E-state index in [1.165, 1.54) is 11.1 Å². The summed E-state index contributed by atoms with van der Waals surface area (Å²) >= 11 is 0. The molecule has 0 radical (unpaired) electrons. The second kappa shape index (κ2) is 15.3. The van der Waals surface area contributed by atoms with Gasteiger partial charge in [0, 0.05) is 96.5 Å². The van der Waals surface area contributed by atoms with E-state index in [0.717, 1.165) is 109 Å². The predicted molar refractivity (Wildman–Crippen MR) is 216 cm³/mol. The Bertz CT molecular complexity index is 2130. The molecule has 2 aromatic heterocycles. The molecule has 2 N–H and O–H groups in total. The fraction of sp³-hybridized carbons (Fsp3) is 0.429. The van der Waals surface area contributed by atoms with Gasteiger partial charge in [0.2, 0.25) is 0 Å². The van der Waals surface area contributed by atoms with Crippen LogP contribution in [0.15, 0.2) is 48.5 Å². The van der Waals surface area contributed by atoms with Gasteiger partial charge >= 0.3 is 0 Å². The molecule has 0 bridgehead atoms. The third-order valence-electron chi connectivity index (χ3n) is 11.6. The van der Waals surface area contributed by atoms with E-state index in [1.807, 2.05) is 38.1 Å². The molecular weight excluding hydrogens is 749 g/mol. The minimum atomic E-state index is -0.760. The quantitative estimate of drug-likeness (QED) is 0.277. The van der Waals surface area contributed by atoms with Gasteiger partial charge in [0.05, 0.1) is 35.6 Å². The summed E-state index contributed by atoms with van der Waals surface area (Å²) in [5.74, 6) is 6.30. The fourth-order valence-electron chi connectivity index (χ4n) is 8.56. The van der Waals surface area contributed by atoms with E-state index in [4.69, 9.17) is 19.4 Å². The second-order valence-corrected chi connectivity index (χ2v) is 18.5. The molecule has 1 unspecified atom stereocenters. The molecule has 6 aliphatic rings. The van der Waals surface area contributed by atoms with Crippen molar-refractivity contribution >= 4 is 45.0 Å². The van der Waals surface area contributed by atoms with Gasteiger partial charge in [-0.05, 0) is 83.6 Å². The number of ether oxygens (including phenoxy) is 2. The Labute approximate surface area is 331 Å². The van der Waals surface area contributed by atoms with Crippen LogP contribution in [0.1, 0.15) is 91.2 Å². The van der Waals surface area contributed by atoms with Crippen LogP contribution in [0.25, 0.3) is 0 Å². The normalized spacial score (nSPS) is 21.4. The maximum Gasteiger partial charge on any atom is 0.253 e. The average molecular weight is 795 g/mol. The summed E-state index contributed by atoms with van der Waals surface area (Å²) in [6.45, 7) is 8.60. The van der Waals surface area contributed by atoms with Gasteiger partial charge in [0.1, 0.15) is 35.3 Å². The number of anilines is 2. The number of amides is 2. The Hall–Kier alpha value is -4.82. The summed E-state index contributed by atoms with van der Waals surface area (Å²) in [4.78, 5) is 37.7. The van der Waals surface area contributed by atoms with E-state index in [2.05, 4.69) is 44.7 Å². The van der Waals surface area contributed by atoms with E-state index >= 15 is 0 Å². The summed E-state index contributed by atoms with van der Waals surface area (Å²) in [5.41, 5.74) is 9.89. The number of benzene rings is 2. The van der Waals surface area contributed by atoms with Crippen molar-refractivity contribution in [1.29, 1.82) is 0 Å². The number of hydrogen-bond donors (Lipinski definition) is 2. The molecule has 12 nitrogen and oxygen atoms in total. The van der Waals surface area contributed by atoms with Gasteiger partial charge in [-0.2, -0.15) is 0 Å². The Morgan fingerprint density at radius 1 is 0.589 bits per heavy atom. The predicted octanol–water partition coefficient (Wildman–Crippen LogP) is 4.89. The monoisotopic (exact) mass is 794 g/mol. The molecule has 4 aromatic rings. The van der Waals surface area contributed by atoms with Crippen molar-refractivity contribution in [3.8, 4) is 11.5 Å². The van der Waals surface area contributed by atoms with Crippen molar-refractivity contribution in [3.05, 3.63) is 104 Å². The van der Waals surface area contributed by atoms with Crippen molar-refractivity contribution < 1.29 is 27.5 Å². The van der Waals surface area contributed by atoms with Gasteiger partial charge < -0.3 is 29.9 Å². The third kappa shape index (κ3) is 7.52. The Morgan fingerprint density at radius 2 is 0.982 bits per heavy atom. The number of rotatable bonds is 6. The number of aromatic nitrogens is 2. The zero-order valence-corrected chi connectivity index (χ0v) is 33.4. The van der Waals surface area contributed by atoms with Crippen LogP contribution in [0.5, 0.6) is 11.5 Å². The van der Waals surface area contributed by atoms with Gasteiger partial charge in [-0.25, -0.2) is 9.97 Å². The maximum atomic E-state index is 11.8. The van der Waals surface area contributed by atoms with E-state index in [9.17, 15) is 18.0 Å². The highest BCUT2D eigenvalue weighted by Gasteiger charge is 2.29. The lowest BCUT2D eigenvalue weighted by Gasteiger charge is -2.34. The zero-order valence-electron chi connectivity index (χ0n) is 31.7. The highest BCUT2D eigenvalue weighted by Crippen LogP contribution is 2.32. The van der Waals surface area contributed by atoms with Crippen molar-refractivity contribution in [1.82, 2.24) is 20.6 Å². The molecule has 56 heavy (non-hydrogen) atoms. The Morgan fingerprint density at radius 3 is 1.39 bits per heavy atom. The van der Waals surface area contributed by atoms with E-state index in [1.54, 1.807) is 0 Å². The van der Waals surface area contributed by atoms with Crippen LogP contribution in [0.3, 0.4) is 0 Å². The molecule has 10 rings (SSSR count). The number of pyridine rings is 2. The van der Waals surface area contributed by atoms with E-state index in [0.29, 0.717) is 47.2 Å². The fourth-order valence-corrected chi connectivity index (χ4v) is 11.2. The minimum Gasteiger partial charge on any atom is -0.490 e. The number of piperidine rings is 2. The third-order valence-corrected chi connectivity index (χ3v) is 14.1. The topological polar surface area (TPSA) is 143 Å². The standard InChI is InChI=1S/2C21H23N3O3S/c2*1-13-8-18-19(10-22-21(18)25)23-20(13)24-6-4-16(5-7-24)27-17-3-2-14-11-28(26)12-15(14)9-17/h2*2-3,8-9,16H,4-7,10-12H2,1H3,(H,22,25)/t28-;/m0./s1. The van der Waals surface area contributed by atoms with Crippen molar-refractivity contribution in [3.63, 3.8) is 0 Å². The van der Waals surface area contributed by atoms with Crippen LogP contribution in [-0.2, 0) is 57.7 Å². The number of carbonyl (C=O) groups excluding carboxylic acids is 2. The maximum absolute atomic E-state index is 11.8. The Balaban J connectivity index is 0.000000146. The molecule has 0 spiro atoms.